The highest BCUT2D eigenvalue weighted by Crippen LogP contribution is 2.29. The summed E-state index contributed by atoms with van der Waals surface area (Å²) in [6.07, 6.45) is 0. The first-order valence-electron chi connectivity index (χ1n) is 4.36. The molecule has 1 aromatic rings. The van der Waals surface area contributed by atoms with Gasteiger partial charge in [0.2, 0.25) is 0 Å². The van der Waals surface area contributed by atoms with Gasteiger partial charge >= 0.3 is 0 Å². The number of nitrogens with zero attached hydrogens (tertiary/aromatic N) is 1. The summed E-state index contributed by atoms with van der Waals surface area (Å²) >= 11 is 3.32. The number of aliphatic hydroxyl groups is 1. The highest BCUT2D eigenvalue weighted by atomic mass is 79.9. The Morgan fingerprint density at radius 3 is 2.36 bits per heavy atom. The minimum atomic E-state index is -1.09. The van der Waals surface area contributed by atoms with Gasteiger partial charge in [-0.25, -0.2) is 0 Å². The molecule has 0 saturated heterocycles. The Morgan fingerprint density at radius 1 is 1.43 bits per heavy atom. The number of hydrogen-bond donors (Lipinski definition) is 1. The normalized spacial score (nSPS) is 16.8. The van der Waals surface area contributed by atoms with Crippen LogP contribution in [0, 0.1) is 17.2 Å². The maximum absolute atomic E-state index is 10.1. The molecular formula is C11H12BrNO. The van der Waals surface area contributed by atoms with Crippen molar-refractivity contribution in [2.45, 2.75) is 19.4 Å². The molecule has 0 amide bonds. The van der Waals surface area contributed by atoms with Crippen LogP contribution >= 0.6 is 15.9 Å². The number of hydrogen-bond acceptors (Lipinski definition) is 2. The highest BCUT2D eigenvalue weighted by Gasteiger charge is 2.30. The maximum Gasteiger partial charge on any atom is 0.102 e. The largest absolute Gasteiger partial charge is 0.384 e. The first-order valence-corrected chi connectivity index (χ1v) is 5.16. The number of rotatable bonds is 2. The van der Waals surface area contributed by atoms with Gasteiger partial charge in [0.15, 0.2) is 0 Å². The summed E-state index contributed by atoms with van der Waals surface area (Å²) in [5.41, 5.74) is -0.329. The average Bonchev–Trinajstić information content (AvgIpc) is 2.17. The van der Waals surface area contributed by atoms with E-state index in [9.17, 15) is 5.11 Å². The second kappa shape index (κ2) is 4.12. The van der Waals surface area contributed by atoms with E-state index in [0.717, 1.165) is 10.0 Å². The molecular weight excluding hydrogens is 242 g/mol. The predicted molar refractivity (Wildman–Crippen MR) is 58.5 cm³/mol. The van der Waals surface area contributed by atoms with E-state index in [1.807, 2.05) is 24.3 Å². The number of benzene rings is 1. The Labute approximate surface area is 92.3 Å². The van der Waals surface area contributed by atoms with Gasteiger partial charge in [-0.1, -0.05) is 28.1 Å². The molecule has 0 spiro atoms. The van der Waals surface area contributed by atoms with Crippen LogP contribution in [0.4, 0.5) is 0 Å². The van der Waals surface area contributed by atoms with E-state index in [2.05, 4.69) is 22.0 Å². The van der Waals surface area contributed by atoms with E-state index in [0.29, 0.717) is 0 Å². The molecule has 0 bridgehead atoms. The van der Waals surface area contributed by atoms with Crippen molar-refractivity contribution < 1.29 is 5.11 Å². The van der Waals surface area contributed by atoms with Crippen molar-refractivity contribution in [3.8, 4) is 6.07 Å². The average molecular weight is 254 g/mol. The molecule has 0 heterocycles. The quantitative estimate of drug-likeness (QED) is 0.881. The Hall–Kier alpha value is -0.850. The van der Waals surface area contributed by atoms with Crippen LogP contribution in [0.2, 0.25) is 0 Å². The van der Waals surface area contributed by atoms with Crippen LogP contribution in [-0.2, 0) is 5.60 Å². The third-order valence-electron chi connectivity index (χ3n) is 2.47. The molecule has 0 fully saturated rings. The lowest BCUT2D eigenvalue weighted by Crippen LogP contribution is -2.28. The Kier molecular flexibility index (Phi) is 3.30. The van der Waals surface area contributed by atoms with Gasteiger partial charge < -0.3 is 5.11 Å². The summed E-state index contributed by atoms with van der Waals surface area (Å²) in [6, 6.07) is 9.40. The summed E-state index contributed by atoms with van der Waals surface area (Å²) in [5.74, 6) is -0.427. The predicted octanol–water partition coefficient (Wildman–Crippen LogP) is 2.82. The van der Waals surface area contributed by atoms with Gasteiger partial charge in [-0.2, -0.15) is 5.26 Å². The first kappa shape index (κ1) is 11.2. The molecule has 2 atom stereocenters. The highest BCUT2D eigenvalue weighted by molar-refractivity contribution is 9.10. The first-order chi connectivity index (χ1) is 6.48. The SMILES string of the molecule is CC(C#N)C(C)(O)c1ccc(Br)cc1. The molecule has 1 rings (SSSR count). The molecule has 14 heavy (non-hydrogen) atoms. The molecule has 2 nitrogen and oxygen atoms in total. The van der Waals surface area contributed by atoms with Gasteiger partial charge in [-0.15, -0.1) is 0 Å². The fraction of sp³-hybridized carbons (Fsp3) is 0.364. The van der Waals surface area contributed by atoms with Crippen molar-refractivity contribution in [3.63, 3.8) is 0 Å². The van der Waals surface area contributed by atoms with Gasteiger partial charge in [0.1, 0.15) is 5.60 Å². The molecule has 0 radical (unpaired) electrons. The van der Waals surface area contributed by atoms with Crippen LogP contribution in [0.3, 0.4) is 0 Å². The minimum absolute atomic E-state index is 0.427. The lowest BCUT2D eigenvalue weighted by Gasteiger charge is -2.26. The zero-order valence-electron chi connectivity index (χ0n) is 8.16. The fourth-order valence-corrected chi connectivity index (χ4v) is 1.43. The second-order valence-electron chi connectivity index (χ2n) is 3.51. The molecule has 74 valence electrons. The monoisotopic (exact) mass is 253 g/mol. The standard InChI is InChI=1S/C11H12BrNO/c1-8(7-13)11(2,14)9-3-5-10(12)6-4-9/h3-6,8,14H,1-2H3. The zero-order valence-corrected chi connectivity index (χ0v) is 9.75. The Balaban J connectivity index is 3.05. The van der Waals surface area contributed by atoms with Crippen molar-refractivity contribution in [3.05, 3.63) is 34.3 Å². The lowest BCUT2D eigenvalue weighted by atomic mass is 9.85. The van der Waals surface area contributed by atoms with Crippen LogP contribution in [-0.4, -0.2) is 5.11 Å². The van der Waals surface area contributed by atoms with Crippen LogP contribution in [0.15, 0.2) is 28.7 Å². The smallest absolute Gasteiger partial charge is 0.102 e. The Bertz CT molecular complexity index is 351. The van der Waals surface area contributed by atoms with Crippen molar-refractivity contribution >= 4 is 15.9 Å². The van der Waals surface area contributed by atoms with Crippen molar-refractivity contribution in [1.29, 1.82) is 5.26 Å². The topological polar surface area (TPSA) is 44.0 Å². The minimum Gasteiger partial charge on any atom is -0.384 e. The van der Waals surface area contributed by atoms with Gasteiger partial charge in [0, 0.05) is 4.47 Å². The second-order valence-corrected chi connectivity index (χ2v) is 4.42. The Morgan fingerprint density at radius 2 is 1.93 bits per heavy atom. The summed E-state index contributed by atoms with van der Waals surface area (Å²) in [4.78, 5) is 0. The maximum atomic E-state index is 10.1. The fourth-order valence-electron chi connectivity index (χ4n) is 1.16. The van der Waals surface area contributed by atoms with Crippen molar-refractivity contribution in [2.75, 3.05) is 0 Å². The lowest BCUT2D eigenvalue weighted by molar-refractivity contribution is 0.0232. The molecule has 0 aliphatic heterocycles. The van der Waals surface area contributed by atoms with Crippen LogP contribution in [0.5, 0.6) is 0 Å². The van der Waals surface area contributed by atoms with E-state index >= 15 is 0 Å². The third-order valence-corrected chi connectivity index (χ3v) is 2.99. The van der Waals surface area contributed by atoms with Gasteiger partial charge in [0.05, 0.1) is 12.0 Å². The van der Waals surface area contributed by atoms with Crippen LogP contribution < -0.4 is 0 Å². The third kappa shape index (κ3) is 2.14. The summed E-state index contributed by atoms with van der Waals surface area (Å²) in [7, 11) is 0. The summed E-state index contributed by atoms with van der Waals surface area (Å²) in [6.45, 7) is 3.37. The van der Waals surface area contributed by atoms with Crippen LogP contribution in [0.1, 0.15) is 19.4 Å². The van der Waals surface area contributed by atoms with Crippen molar-refractivity contribution in [2.24, 2.45) is 5.92 Å². The van der Waals surface area contributed by atoms with Gasteiger partial charge in [-0.05, 0) is 31.5 Å². The van der Waals surface area contributed by atoms with Crippen LogP contribution in [0.25, 0.3) is 0 Å². The zero-order chi connectivity index (χ0) is 10.8. The summed E-state index contributed by atoms with van der Waals surface area (Å²) < 4.78 is 0.960. The molecule has 2 unspecified atom stereocenters. The number of halogens is 1. The van der Waals surface area contributed by atoms with Crippen molar-refractivity contribution in [1.82, 2.24) is 0 Å². The van der Waals surface area contributed by atoms with E-state index in [-0.39, 0.29) is 0 Å². The summed E-state index contributed by atoms with van der Waals surface area (Å²) in [5, 5.41) is 18.9. The molecule has 3 heteroatoms. The van der Waals surface area contributed by atoms with E-state index < -0.39 is 11.5 Å². The van der Waals surface area contributed by atoms with Gasteiger partial charge in [0.25, 0.3) is 0 Å². The van der Waals surface area contributed by atoms with E-state index in [1.165, 1.54) is 0 Å². The molecule has 0 aromatic heterocycles. The van der Waals surface area contributed by atoms with E-state index in [1.54, 1.807) is 13.8 Å². The molecule has 0 aliphatic rings. The molecule has 1 aromatic carbocycles. The molecule has 0 aliphatic carbocycles. The van der Waals surface area contributed by atoms with Gasteiger partial charge in [-0.3, -0.25) is 0 Å². The number of nitriles is 1. The van der Waals surface area contributed by atoms with E-state index in [4.69, 9.17) is 5.26 Å². The molecule has 1 N–H and O–H groups in total. The molecule has 0 saturated carbocycles.